The van der Waals surface area contributed by atoms with E-state index in [1.807, 2.05) is 6.07 Å². The number of alkyl halides is 3. The van der Waals surface area contributed by atoms with Crippen molar-refractivity contribution in [3.63, 3.8) is 0 Å². The predicted octanol–water partition coefficient (Wildman–Crippen LogP) is 3.67. The molecule has 1 heterocycles. The molecule has 0 bridgehead atoms. The van der Waals surface area contributed by atoms with Gasteiger partial charge in [-0.2, -0.15) is 18.4 Å². The Balaban J connectivity index is 1.82. The van der Waals surface area contributed by atoms with Crippen molar-refractivity contribution in [2.24, 2.45) is 0 Å². The van der Waals surface area contributed by atoms with Crippen molar-refractivity contribution in [1.29, 1.82) is 5.26 Å². The predicted molar refractivity (Wildman–Crippen MR) is 133 cm³/mol. The third-order valence-electron chi connectivity index (χ3n) is 6.31. The van der Waals surface area contributed by atoms with Crippen LogP contribution in [-0.2, 0) is 26.6 Å². The van der Waals surface area contributed by atoms with E-state index in [0.29, 0.717) is 11.1 Å². The van der Waals surface area contributed by atoms with E-state index in [4.69, 9.17) is 5.26 Å². The number of benzene rings is 2. The summed E-state index contributed by atoms with van der Waals surface area (Å²) < 4.78 is 51.7. The number of nitriles is 1. The summed E-state index contributed by atoms with van der Waals surface area (Å²) in [4.78, 5) is 42.0. The van der Waals surface area contributed by atoms with Gasteiger partial charge >= 0.3 is 12.2 Å². The number of Topliss-reactive ketones (excluding diaryl/α,β-unsaturated/α-hetero) is 1. The van der Waals surface area contributed by atoms with Crippen molar-refractivity contribution in [2.75, 3.05) is 30.0 Å². The number of ketones is 1. The highest BCUT2D eigenvalue weighted by atomic mass is 32.2. The number of halogens is 3. The molecule has 2 unspecified atom stereocenters. The second-order valence-corrected chi connectivity index (χ2v) is 10.4. The van der Waals surface area contributed by atoms with Crippen LogP contribution in [0, 0.1) is 11.3 Å². The summed E-state index contributed by atoms with van der Waals surface area (Å²) in [5, 5.41) is 11.8. The van der Waals surface area contributed by atoms with Crippen molar-refractivity contribution < 1.29 is 31.8 Å². The number of urea groups is 1. The zero-order valence-corrected chi connectivity index (χ0v) is 21.1. The number of allylic oxidation sites excluding steroid dienone is 1. The quantitative estimate of drug-likeness (QED) is 0.572. The maximum atomic E-state index is 13.9. The first kappa shape index (κ1) is 27.1. The molecule has 2 aromatic rings. The summed E-state index contributed by atoms with van der Waals surface area (Å²) in [5.41, 5.74) is 0.301. The highest BCUT2D eigenvalue weighted by molar-refractivity contribution is 7.84. The maximum absolute atomic E-state index is 13.9. The van der Waals surface area contributed by atoms with Crippen molar-refractivity contribution >= 4 is 34.2 Å². The van der Waals surface area contributed by atoms with Crippen LogP contribution in [0.15, 0.2) is 59.8 Å². The Morgan fingerprint density at radius 1 is 1.16 bits per heavy atom. The normalized spacial score (nSPS) is 18.3. The molecule has 3 amide bonds. The van der Waals surface area contributed by atoms with Crippen LogP contribution < -0.4 is 10.2 Å². The highest BCUT2D eigenvalue weighted by Gasteiger charge is 2.46. The molecule has 0 fully saturated rings. The van der Waals surface area contributed by atoms with Gasteiger partial charge < -0.3 is 10.2 Å². The minimum absolute atomic E-state index is 0.0581. The van der Waals surface area contributed by atoms with Gasteiger partial charge in [-0.1, -0.05) is 18.2 Å². The Kier molecular flexibility index (Phi) is 7.68. The Labute approximate surface area is 219 Å². The summed E-state index contributed by atoms with van der Waals surface area (Å²) in [6, 6.07) is 10.7. The molecular formula is C26H23F3N4O4S. The van der Waals surface area contributed by atoms with Crippen LogP contribution in [0.25, 0.3) is 0 Å². The monoisotopic (exact) mass is 544 g/mol. The molecule has 4 rings (SSSR count). The minimum atomic E-state index is -4.65. The lowest BCUT2D eigenvalue weighted by Crippen LogP contribution is -2.53. The van der Waals surface area contributed by atoms with Crippen LogP contribution in [0.4, 0.5) is 23.7 Å². The molecule has 1 N–H and O–H groups in total. The maximum Gasteiger partial charge on any atom is 0.416 e. The van der Waals surface area contributed by atoms with E-state index >= 15 is 0 Å². The molecule has 1 aliphatic heterocycles. The van der Waals surface area contributed by atoms with Gasteiger partial charge in [-0.15, -0.1) is 0 Å². The lowest BCUT2D eigenvalue weighted by molar-refractivity contribution is -0.137. The molecule has 38 heavy (non-hydrogen) atoms. The second kappa shape index (κ2) is 10.8. The third kappa shape index (κ3) is 5.47. The first-order chi connectivity index (χ1) is 18.0. The van der Waals surface area contributed by atoms with E-state index in [9.17, 15) is 31.8 Å². The fourth-order valence-corrected chi connectivity index (χ4v) is 4.98. The van der Waals surface area contributed by atoms with Gasteiger partial charge in [-0.25, -0.2) is 4.79 Å². The lowest BCUT2D eigenvalue weighted by Gasteiger charge is -2.42. The minimum Gasteiger partial charge on any atom is -0.354 e. The van der Waals surface area contributed by atoms with Gasteiger partial charge in [0.2, 0.25) is 5.91 Å². The van der Waals surface area contributed by atoms with Crippen LogP contribution >= 0.6 is 0 Å². The number of amides is 3. The SMILES string of the molecule is CS(=O)CCNC(=O)CN1C(=O)N(c2cccc(C(F)(F)F)c2)C2=C(C(=O)CC2)C1c1ccc(C#N)cc1. The number of hydrogen-bond donors (Lipinski definition) is 1. The first-order valence-electron chi connectivity index (χ1n) is 11.6. The number of carbonyl (C=O) groups excluding carboxylic acids is 3. The van der Waals surface area contributed by atoms with Crippen molar-refractivity contribution in [3.8, 4) is 6.07 Å². The summed E-state index contributed by atoms with van der Waals surface area (Å²) in [6.45, 7) is -0.408. The molecule has 1 aliphatic carbocycles. The molecule has 0 saturated heterocycles. The number of rotatable bonds is 7. The molecule has 0 spiro atoms. The van der Waals surface area contributed by atoms with E-state index in [1.165, 1.54) is 30.5 Å². The molecule has 2 aliphatic rings. The van der Waals surface area contributed by atoms with Crippen LogP contribution in [0.5, 0.6) is 0 Å². The molecule has 198 valence electrons. The largest absolute Gasteiger partial charge is 0.416 e. The molecule has 0 aromatic heterocycles. The molecule has 0 radical (unpaired) electrons. The Bertz CT molecular complexity index is 1380. The topological polar surface area (TPSA) is 111 Å². The van der Waals surface area contributed by atoms with Crippen LogP contribution in [0.1, 0.15) is 35.6 Å². The van der Waals surface area contributed by atoms with Gasteiger partial charge in [-0.05, 0) is 42.3 Å². The lowest BCUT2D eigenvalue weighted by atomic mass is 9.92. The van der Waals surface area contributed by atoms with E-state index in [1.54, 1.807) is 12.1 Å². The number of hydrogen-bond acceptors (Lipinski definition) is 5. The number of nitrogens with zero attached hydrogens (tertiary/aromatic N) is 3. The van der Waals surface area contributed by atoms with Crippen LogP contribution in [0.2, 0.25) is 0 Å². The number of carbonyl (C=O) groups is 3. The molecule has 2 aromatic carbocycles. The zero-order chi connectivity index (χ0) is 27.6. The number of nitrogens with one attached hydrogen (secondary N) is 1. The fraction of sp³-hybridized carbons (Fsp3) is 0.308. The van der Waals surface area contributed by atoms with Crippen LogP contribution in [-0.4, -0.2) is 51.9 Å². The summed E-state index contributed by atoms with van der Waals surface area (Å²) in [6.07, 6.45) is -2.97. The van der Waals surface area contributed by atoms with Gasteiger partial charge in [0.05, 0.1) is 28.9 Å². The fourth-order valence-electron chi connectivity index (χ4n) is 4.59. The average Bonchev–Trinajstić information content (AvgIpc) is 3.24. The zero-order valence-electron chi connectivity index (χ0n) is 20.2. The van der Waals surface area contributed by atoms with Gasteiger partial charge in [0.1, 0.15) is 6.54 Å². The first-order valence-corrected chi connectivity index (χ1v) is 13.3. The van der Waals surface area contributed by atoms with E-state index < -0.39 is 47.1 Å². The third-order valence-corrected chi connectivity index (χ3v) is 7.08. The Hall–Kier alpha value is -3.98. The van der Waals surface area contributed by atoms with Gasteiger partial charge in [-0.3, -0.25) is 18.7 Å². The van der Waals surface area contributed by atoms with Crippen molar-refractivity contribution in [2.45, 2.75) is 25.1 Å². The van der Waals surface area contributed by atoms with Crippen molar-refractivity contribution in [1.82, 2.24) is 10.2 Å². The smallest absolute Gasteiger partial charge is 0.354 e. The van der Waals surface area contributed by atoms with Gasteiger partial charge in [0, 0.05) is 47.0 Å². The van der Waals surface area contributed by atoms with E-state index in [0.717, 1.165) is 21.9 Å². The van der Waals surface area contributed by atoms with Crippen LogP contribution in [0.3, 0.4) is 0 Å². The van der Waals surface area contributed by atoms with E-state index in [2.05, 4.69) is 5.32 Å². The molecule has 8 nitrogen and oxygen atoms in total. The number of anilines is 1. The molecule has 0 saturated carbocycles. The Morgan fingerprint density at radius 2 is 1.87 bits per heavy atom. The molecule has 2 atom stereocenters. The Morgan fingerprint density at radius 3 is 2.50 bits per heavy atom. The second-order valence-electron chi connectivity index (χ2n) is 8.84. The summed E-state index contributed by atoms with van der Waals surface area (Å²) in [5.74, 6) is -0.672. The summed E-state index contributed by atoms with van der Waals surface area (Å²) >= 11 is 0. The molecular weight excluding hydrogens is 521 g/mol. The summed E-state index contributed by atoms with van der Waals surface area (Å²) in [7, 11) is -1.16. The van der Waals surface area contributed by atoms with Gasteiger partial charge in [0.25, 0.3) is 0 Å². The van der Waals surface area contributed by atoms with Crippen molar-refractivity contribution in [3.05, 3.63) is 76.5 Å². The van der Waals surface area contributed by atoms with E-state index in [-0.39, 0.29) is 47.9 Å². The standard InChI is InChI=1S/C26H23F3N4O4S/c1-38(37)12-11-31-22(35)15-32-24(17-7-5-16(14-30)6-8-17)23-20(9-10-21(23)34)33(25(32)36)19-4-2-3-18(13-19)26(27,28)29/h2-8,13,24H,9-12,15H2,1H3,(H,31,35). The molecule has 12 heteroatoms. The van der Waals surface area contributed by atoms with Gasteiger partial charge in [0.15, 0.2) is 5.78 Å². The average molecular weight is 545 g/mol. The highest BCUT2D eigenvalue weighted by Crippen LogP contribution is 2.45.